The fourth-order valence-corrected chi connectivity index (χ4v) is 12.9. The Morgan fingerprint density at radius 2 is 1.04 bits per heavy atom. The van der Waals surface area contributed by atoms with Crippen LogP contribution in [-0.2, 0) is 101 Å². The standard InChI is InChI=1S/C72H96N18O20S/c1-35(2)13-18-46(63(101)82-49(21-24-60(98)99)64(102)87-54(30-58(75)96)62(100)79-33-59(76)97)83-69(107)52(28-39-31-77-44-11-7-5-9-42(39)44)86-68(106)51(27-38-14-16-41(93)17-15-38)85-71(109)55-34-111-26-25-50(80-37(4)92)66(104)81-48(20-23-57(74)95)67(105)90-61(36(3)91)72(110)88-53(29-40-32-78-45-12-8-6-10-43(40)45)70(108)84-47(65(103)89-55)19-22-56(73)94/h5-12,14-17,31-32,35-36,46-55,61,77-78,91,93H,13,18-30,33-34H2,1-4H3,(H2,73,94)(H2,74,95)(H2,75,96)(H2,76,97)(H,79,100)(H,80,92)(H,81,104)(H,82,101)(H,83,107)(H,84,108)(H,85,109)(H,86,106)(H,87,102)(H,88,110)(H,89,103)(H,90,105)(H,98,99)/t36-,46+,47+,48+,49+,50+,51+,52+,53+,54+,55-,61+/m1/s1. The van der Waals surface area contributed by atoms with Gasteiger partial charge in [0.2, 0.25) is 94.5 Å². The molecule has 6 rings (SSSR count). The molecule has 0 radical (unpaired) electrons. The van der Waals surface area contributed by atoms with Crippen LogP contribution in [0.1, 0.15) is 109 Å². The van der Waals surface area contributed by atoms with Crippen LogP contribution >= 0.6 is 11.8 Å². The zero-order chi connectivity index (χ0) is 81.8. The molecule has 1 fully saturated rings. The predicted molar refractivity (Wildman–Crippen MR) is 400 cm³/mol. The number of hydrogen-bond donors (Lipinski definition) is 21. The average molecular weight is 1570 g/mol. The number of para-hydroxylation sites is 2. The average Bonchev–Trinajstić information content (AvgIpc) is 1.68. The van der Waals surface area contributed by atoms with Crippen LogP contribution < -0.4 is 86.7 Å². The van der Waals surface area contributed by atoms with Gasteiger partial charge in [0.05, 0.1) is 19.1 Å². The summed E-state index contributed by atoms with van der Waals surface area (Å²) in [4.78, 5) is 240. The molecule has 25 N–H and O–H groups in total. The normalized spacial score (nSPS) is 19.1. The molecule has 38 nitrogen and oxygen atoms in total. The van der Waals surface area contributed by atoms with E-state index in [0.29, 0.717) is 38.5 Å². The van der Waals surface area contributed by atoms with Crippen molar-refractivity contribution in [3.63, 3.8) is 0 Å². The number of rotatable bonds is 35. The molecular formula is C72H96N18O20S. The van der Waals surface area contributed by atoms with E-state index in [1.165, 1.54) is 24.3 Å². The van der Waals surface area contributed by atoms with E-state index in [2.05, 4.69) is 73.8 Å². The van der Waals surface area contributed by atoms with E-state index in [0.717, 1.165) is 25.6 Å². The Hall–Kier alpha value is -12.2. The Balaban J connectivity index is 1.42. The van der Waals surface area contributed by atoms with Gasteiger partial charge < -0.3 is 112 Å². The fourth-order valence-electron chi connectivity index (χ4n) is 11.9. The highest BCUT2D eigenvalue weighted by Crippen LogP contribution is 2.23. The number of benzene rings is 3. The molecule has 111 heavy (non-hydrogen) atoms. The number of H-pyrrole nitrogens is 2. The van der Waals surface area contributed by atoms with Crippen molar-refractivity contribution in [3.05, 3.63) is 102 Å². The highest BCUT2D eigenvalue weighted by molar-refractivity contribution is 7.99. The number of thioether (sulfide) groups is 1. The summed E-state index contributed by atoms with van der Waals surface area (Å²) in [6, 6.07) is 0.281. The van der Waals surface area contributed by atoms with Gasteiger partial charge in [-0.05, 0) is 98.1 Å². The van der Waals surface area contributed by atoms with Crippen molar-refractivity contribution in [1.82, 2.24) is 73.8 Å². The molecule has 1 aliphatic heterocycles. The number of phenolic OH excluding ortho intramolecular Hbond substituents is 1. The summed E-state index contributed by atoms with van der Waals surface area (Å²) in [5.74, 6) is -19.1. The number of aliphatic hydroxyl groups is 1. The number of carbonyl (C=O) groups is 17. The predicted octanol–water partition coefficient (Wildman–Crippen LogP) is -4.44. The Labute approximate surface area is 640 Å². The lowest BCUT2D eigenvalue weighted by atomic mass is 9.99. The van der Waals surface area contributed by atoms with Crippen LogP contribution in [0, 0.1) is 5.92 Å². The van der Waals surface area contributed by atoms with E-state index in [4.69, 9.17) is 22.9 Å². The summed E-state index contributed by atoms with van der Waals surface area (Å²) in [5, 5.41) is 62.2. The van der Waals surface area contributed by atoms with Crippen LogP contribution in [0.5, 0.6) is 5.75 Å². The molecule has 0 aliphatic carbocycles. The first-order chi connectivity index (χ1) is 52.5. The van der Waals surface area contributed by atoms with Gasteiger partial charge in [0, 0.05) is 85.4 Å². The van der Waals surface area contributed by atoms with Gasteiger partial charge in [-0.15, -0.1) is 0 Å². The summed E-state index contributed by atoms with van der Waals surface area (Å²) in [5.41, 5.74) is 24.0. The second-order valence-corrected chi connectivity index (χ2v) is 28.3. The summed E-state index contributed by atoms with van der Waals surface area (Å²) >= 11 is 0.907. The second kappa shape index (κ2) is 42.6. The van der Waals surface area contributed by atoms with Gasteiger partial charge in [-0.2, -0.15) is 11.8 Å². The number of carboxylic acid groups (broad SMARTS) is 1. The number of aliphatic carboxylic acids is 1. The lowest BCUT2D eigenvalue weighted by Gasteiger charge is -2.29. The molecule has 3 heterocycles. The molecule has 16 amide bonds. The van der Waals surface area contributed by atoms with Gasteiger partial charge in [0.25, 0.3) is 0 Å². The van der Waals surface area contributed by atoms with Crippen molar-refractivity contribution in [2.24, 2.45) is 28.9 Å². The maximum atomic E-state index is 15.4. The lowest BCUT2D eigenvalue weighted by Crippen LogP contribution is -2.62. The Kier molecular flexibility index (Phi) is 33.6. The number of primary amides is 4. The van der Waals surface area contributed by atoms with E-state index < -0.39 is 237 Å². The molecule has 2 aromatic heterocycles. The molecule has 0 spiro atoms. The quantitative estimate of drug-likeness (QED) is 0.0182. The number of nitrogens with one attached hydrogen (secondary N) is 14. The smallest absolute Gasteiger partial charge is 0.303 e. The van der Waals surface area contributed by atoms with Gasteiger partial charge in [-0.3, -0.25) is 81.5 Å². The number of carboxylic acids is 1. The number of fused-ring (bicyclic) bond motifs is 2. The molecule has 0 unspecified atom stereocenters. The minimum Gasteiger partial charge on any atom is -0.508 e. The molecule has 600 valence electrons. The lowest BCUT2D eigenvalue weighted by molar-refractivity contribution is -0.139. The van der Waals surface area contributed by atoms with Crippen molar-refractivity contribution < 1.29 is 96.8 Å². The van der Waals surface area contributed by atoms with E-state index in [-0.39, 0.29) is 49.5 Å². The zero-order valence-electron chi connectivity index (χ0n) is 61.4. The topological polar surface area (TPSA) is 631 Å². The number of carbonyl (C=O) groups excluding carboxylic acids is 16. The third-order valence-electron chi connectivity index (χ3n) is 17.7. The van der Waals surface area contributed by atoms with E-state index >= 15 is 19.2 Å². The van der Waals surface area contributed by atoms with E-state index in [1.807, 2.05) is 0 Å². The molecular weight excluding hydrogens is 1470 g/mol. The van der Waals surface area contributed by atoms with Crippen LogP contribution in [-0.4, -0.2) is 216 Å². The number of aromatic hydroxyl groups is 1. The molecule has 0 bridgehead atoms. The number of hydrogen-bond acceptors (Lipinski definition) is 20. The fraction of sp³-hybridized carbons (Fsp3) is 0.458. The van der Waals surface area contributed by atoms with Gasteiger partial charge in [0.1, 0.15) is 72.2 Å². The third kappa shape index (κ3) is 28.4. The molecule has 3 aromatic carbocycles. The Morgan fingerprint density at radius 1 is 0.532 bits per heavy atom. The van der Waals surface area contributed by atoms with Gasteiger partial charge in [-0.25, -0.2) is 0 Å². The van der Waals surface area contributed by atoms with Crippen LogP contribution in [0.15, 0.2) is 85.2 Å². The van der Waals surface area contributed by atoms with E-state index in [9.17, 15) is 77.6 Å². The first-order valence-electron chi connectivity index (χ1n) is 35.6. The molecule has 5 aromatic rings. The van der Waals surface area contributed by atoms with Crippen LogP contribution in [0.4, 0.5) is 0 Å². The molecule has 12 atom stereocenters. The summed E-state index contributed by atoms with van der Waals surface area (Å²) < 4.78 is 0. The number of aromatic amines is 2. The van der Waals surface area contributed by atoms with Crippen LogP contribution in [0.25, 0.3) is 21.8 Å². The second-order valence-electron chi connectivity index (χ2n) is 27.2. The van der Waals surface area contributed by atoms with Crippen molar-refractivity contribution in [2.75, 3.05) is 18.1 Å². The summed E-state index contributed by atoms with van der Waals surface area (Å²) in [7, 11) is 0. The third-order valence-corrected chi connectivity index (χ3v) is 18.8. The largest absolute Gasteiger partial charge is 0.508 e. The Morgan fingerprint density at radius 3 is 1.59 bits per heavy atom. The van der Waals surface area contributed by atoms with Crippen LogP contribution in [0.3, 0.4) is 0 Å². The molecule has 39 heteroatoms. The molecule has 1 saturated heterocycles. The van der Waals surface area contributed by atoms with Crippen LogP contribution in [0.2, 0.25) is 0 Å². The number of nitrogens with two attached hydrogens (primary N) is 4. The minimum atomic E-state index is -1.89. The van der Waals surface area contributed by atoms with Crippen molar-refractivity contribution >= 4 is 134 Å². The molecule has 0 saturated carbocycles. The summed E-state index contributed by atoms with van der Waals surface area (Å²) in [6.07, 6.45) is -4.19. The number of amides is 16. The monoisotopic (exact) mass is 1560 g/mol. The number of aromatic nitrogens is 2. The molecule has 1 aliphatic rings. The Bertz CT molecular complexity index is 4220. The maximum Gasteiger partial charge on any atom is 0.303 e. The number of phenols is 1. The van der Waals surface area contributed by atoms with Crippen molar-refractivity contribution in [3.8, 4) is 5.75 Å². The first kappa shape index (κ1) is 87.7. The maximum absolute atomic E-state index is 15.4. The van der Waals surface area contributed by atoms with Crippen molar-refractivity contribution in [1.29, 1.82) is 0 Å². The highest BCUT2D eigenvalue weighted by Gasteiger charge is 2.39. The van der Waals surface area contributed by atoms with Gasteiger partial charge in [0.15, 0.2) is 0 Å². The van der Waals surface area contributed by atoms with E-state index in [1.54, 1.807) is 74.8 Å². The highest BCUT2D eigenvalue weighted by atomic mass is 32.2. The van der Waals surface area contributed by atoms with Crippen molar-refractivity contribution in [2.45, 2.75) is 184 Å². The van der Waals surface area contributed by atoms with Gasteiger partial charge >= 0.3 is 5.97 Å². The number of aliphatic hydroxyl groups excluding tert-OH is 1. The van der Waals surface area contributed by atoms with Gasteiger partial charge in [-0.1, -0.05) is 62.4 Å². The zero-order valence-corrected chi connectivity index (χ0v) is 62.2. The SMILES string of the molecule is CC(=O)N[C@H]1CCSC[C@H](C(=O)N[C@@H](Cc2ccc(O)cc2)C(=O)N[C@@H](Cc2c[nH]c3ccccc23)C(=O)N[C@@H](CCC(C)C)C(=O)N[C@@H](CCC(=O)O)C(=O)N[C@@H](CC(N)=O)C(=O)NCC(N)=O)NC(=O)[C@H](CCC(N)=O)NC(=O)[C@H](Cc2c[nH]c3ccccc23)NC(=O)[C@H]([C@@H](C)O)NC(=O)[C@H](CCC(N)=O)NC1=O. The first-order valence-corrected chi connectivity index (χ1v) is 36.8. The summed E-state index contributed by atoms with van der Waals surface area (Å²) in [6.45, 7) is 5.09. The minimum absolute atomic E-state index is 0.149.